The molecule has 8 rings (SSSR count). The van der Waals surface area contributed by atoms with E-state index in [0.29, 0.717) is 39.1 Å². The number of aryl methyl sites for hydroxylation is 1. The predicted molar refractivity (Wildman–Crippen MR) is 187 cm³/mol. The molecule has 4 nitrogen and oxygen atoms in total. The molecule has 0 unspecified atom stereocenters. The fourth-order valence-corrected chi connectivity index (χ4v) is 7.09. The number of imidazole rings is 1. The van der Waals surface area contributed by atoms with Gasteiger partial charge in [0.15, 0.2) is 0 Å². The Morgan fingerprint density at radius 3 is 2.08 bits per heavy atom. The Balaban J connectivity index is 1.55. The van der Waals surface area contributed by atoms with Crippen molar-refractivity contribution in [3.05, 3.63) is 119 Å². The second-order valence-corrected chi connectivity index (χ2v) is 13.1. The molecule has 0 N–H and O–H groups in total. The number of halogens is 3. The minimum Gasteiger partial charge on any atom is -0.456 e. The molecule has 0 radical (unpaired) electrons. The van der Waals surface area contributed by atoms with Crippen molar-refractivity contribution >= 4 is 43.9 Å². The Labute approximate surface area is 275 Å². The zero-order valence-electron chi connectivity index (χ0n) is 27.2. The van der Waals surface area contributed by atoms with Crippen LogP contribution in [-0.4, -0.2) is 9.55 Å². The minimum atomic E-state index is -4.51. The number of hydrogen-bond donors (Lipinski definition) is 0. The van der Waals surface area contributed by atoms with E-state index in [1.807, 2.05) is 61.5 Å². The number of rotatable bonds is 5. The third kappa shape index (κ3) is 4.55. The maximum Gasteiger partial charge on any atom is 0.416 e. The van der Waals surface area contributed by atoms with E-state index in [1.54, 1.807) is 0 Å². The molecule has 0 aliphatic rings. The molecular weight excluding hydrogens is 609 g/mol. The fourth-order valence-electron chi connectivity index (χ4n) is 7.09. The van der Waals surface area contributed by atoms with Gasteiger partial charge in [0, 0.05) is 27.3 Å². The summed E-state index contributed by atoms with van der Waals surface area (Å²) in [4.78, 5) is 5.21. The zero-order valence-corrected chi connectivity index (χ0v) is 27.2. The van der Waals surface area contributed by atoms with Crippen LogP contribution in [0.2, 0.25) is 0 Å². The van der Waals surface area contributed by atoms with E-state index in [-0.39, 0.29) is 17.4 Å². The van der Waals surface area contributed by atoms with Crippen LogP contribution in [0.1, 0.15) is 61.8 Å². The molecule has 0 spiro atoms. The molecule has 0 atom stereocenters. The first kappa shape index (κ1) is 30.1. The average Bonchev–Trinajstić information content (AvgIpc) is 3.74. The summed E-state index contributed by atoms with van der Waals surface area (Å²) in [5.74, 6) is 1.75. The normalized spacial score (nSPS) is 12.5. The van der Waals surface area contributed by atoms with Gasteiger partial charge in [-0.15, -0.1) is 0 Å². The topological polar surface area (TPSA) is 44.1 Å². The van der Waals surface area contributed by atoms with Crippen LogP contribution in [0.25, 0.3) is 72.3 Å². The third-order valence-corrected chi connectivity index (χ3v) is 9.37. The lowest BCUT2D eigenvalue weighted by Crippen LogP contribution is -2.08. The minimum absolute atomic E-state index is 0.156. The summed E-state index contributed by atoms with van der Waals surface area (Å²) in [5, 5.41) is 2.09. The van der Waals surface area contributed by atoms with E-state index in [9.17, 15) is 13.2 Å². The van der Waals surface area contributed by atoms with Crippen LogP contribution in [0.3, 0.4) is 0 Å². The summed E-state index contributed by atoms with van der Waals surface area (Å²) in [7, 11) is 0. The molecule has 7 heteroatoms. The molecule has 240 valence electrons. The lowest BCUT2D eigenvalue weighted by Gasteiger charge is -2.22. The number of furan rings is 2. The van der Waals surface area contributed by atoms with Crippen molar-refractivity contribution in [1.82, 2.24) is 9.55 Å². The monoisotopic (exact) mass is 642 g/mol. The van der Waals surface area contributed by atoms with Crippen LogP contribution >= 0.6 is 0 Å². The maximum absolute atomic E-state index is 13.9. The second kappa shape index (κ2) is 10.9. The van der Waals surface area contributed by atoms with Gasteiger partial charge in [-0.2, -0.15) is 13.2 Å². The Bertz CT molecular complexity index is 2490. The van der Waals surface area contributed by atoms with Crippen LogP contribution in [0.4, 0.5) is 13.2 Å². The van der Waals surface area contributed by atoms with Crippen LogP contribution < -0.4 is 0 Å². The first-order valence-corrected chi connectivity index (χ1v) is 16.2. The lowest BCUT2D eigenvalue weighted by molar-refractivity contribution is -0.137. The van der Waals surface area contributed by atoms with Crippen molar-refractivity contribution in [2.45, 2.75) is 52.6 Å². The Morgan fingerprint density at radius 2 is 1.40 bits per heavy atom. The van der Waals surface area contributed by atoms with Gasteiger partial charge >= 0.3 is 6.18 Å². The summed E-state index contributed by atoms with van der Waals surface area (Å²) >= 11 is 0. The van der Waals surface area contributed by atoms with Gasteiger partial charge < -0.3 is 8.83 Å². The van der Waals surface area contributed by atoms with Crippen LogP contribution in [-0.2, 0) is 6.18 Å². The highest BCUT2D eigenvalue weighted by Gasteiger charge is 2.32. The molecular formula is C41H33F3N2O2. The molecule has 5 aromatic carbocycles. The highest BCUT2D eigenvalue weighted by Crippen LogP contribution is 2.47. The van der Waals surface area contributed by atoms with Gasteiger partial charge in [-0.3, -0.25) is 4.57 Å². The summed E-state index contributed by atoms with van der Waals surface area (Å²) in [5.41, 5.74) is 8.01. The van der Waals surface area contributed by atoms with E-state index >= 15 is 0 Å². The molecule has 0 aliphatic carbocycles. The van der Waals surface area contributed by atoms with Crippen molar-refractivity contribution in [2.75, 3.05) is 0 Å². The SMILES string of the molecule is Cc1c(-c2ccccc2)oc2cc(-c3nc4ccccc4n3-c3c(C(C)C)cccc3C(C)C)c3oc4cc(C(F)(F)F)ccc4c3c12. The number of hydrogen-bond acceptors (Lipinski definition) is 3. The third-order valence-electron chi connectivity index (χ3n) is 9.37. The van der Waals surface area contributed by atoms with E-state index in [1.165, 1.54) is 17.2 Å². The van der Waals surface area contributed by atoms with E-state index in [4.69, 9.17) is 13.8 Å². The maximum atomic E-state index is 13.9. The summed E-state index contributed by atoms with van der Waals surface area (Å²) in [6.07, 6.45) is -4.51. The largest absolute Gasteiger partial charge is 0.456 e. The van der Waals surface area contributed by atoms with Crippen molar-refractivity contribution in [3.63, 3.8) is 0 Å². The van der Waals surface area contributed by atoms with Gasteiger partial charge in [0.1, 0.15) is 28.3 Å². The Hall–Kier alpha value is -5.30. The van der Waals surface area contributed by atoms with Gasteiger partial charge in [-0.05, 0) is 66.3 Å². The number of alkyl halides is 3. The van der Waals surface area contributed by atoms with E-state index in [2.05, 4.69) is 56.5 Å². The van der Waals surface area contributed by atoms with Crippen LogP contribution in [0.5, 0.6) is 0 Å². The number of nitrogens with zero attached hydrogens (tertiary/aromatic N) is 2. The highest BCUT2D eigenvalue weighted by molar-refractivity contribution is 6.23. The van der Waals surface area contributed by atoms with Crippen molar-refractivity contribution in [2.24, 2.45) is 0 Å². The van der Waals surface area contributed by atoms with E-state index < -0.39 is 11.7 Å². The number of benzene rings is 5. The molecule has 0 saturated heterocycles. The smallest absolute Gasteiger partial charge is 0.416 e. The summed E-state index contributed by atoms with van der Waals surface area (Å²) in [6.45, 7) is 10.7. The predicted octanol–water partition coefficient (Wildman–Crippen LogP) is 12.6. The standard InChI is InChI=1S/C41H33F3N2O2/c1-22(2)27-14-11-15-28(23(3)4)37(27)46-32-17-10-9-16-31(32)45-40(46)30-21-34-35(24(5)38(48-34)25-12-7-6-8-13-25)36-29-19-18-26(41(42,43)44)20-33(29)47-39(30)36/h6-23H,1-5H3. The number of aromatic nitrogens is 2. The number of fused-ring (bicyclic) bond motifs is 6. The molecule has 8 aromatic rings. The summed E-state index contributed by atoms with van der Waals surface area (Å²) in [6, 6.07) is 29.9. The first-order valence-electron chi connectivity index (χ1n) is 16.2. The molecule has 0 bridgehead atoms. The van der Waals surface area contributed by atoms with Crippen LogP contribution in [0, 0.1) is 6.92 Å². The zero-order chi connectivity index (χ0) is 33.5. The van der Waals surface area contributed by atoms with E-state index in [0.717, 1.165) is 45.4 Å². The van der Waals surface area contributed by atoms with Crippen molar-refractivity contribution < 1.29 is 22.0 Å². The molecule has 0 saturated carbocycles. The second-order valence-electron chi connectivity index (χ2n) is 13.1. The van der Waals surface area contributed by atoms with Gasteiger partial charge in [0.05, 0.1) is 27.8 Å². The van der Waals surface area contributed by atoms with Gasteiger partial charge in [0.2, 0.25) is 0 Å². The molecule has 0 fully saturated rings. The van der Waals surface area contributed by atoms with Crippen molar-refractivity contribution in [1.29, 1.82) is 0 Å². The fraction of sp³-hybridized carbons (Fsp3) is 0.195. The Morgan fingerprint density at radius 1 is 0.708 bits per heavy atom. The average molecular weight is 643 g/mol. The van der Waals surface area contributed by atoms with Gasteiger partial charge in [-0.1, -0.05) is 88.4 Å². The Kier molecular flexibility index (Phi) is 6.81. The lowest BCUT2D eigenvalue weighted by atomic mass is 9.92. The molecule has 48 heavy (non-hydrogen) atoms. The first-order chi connectivity index (χ1) is 23.0. The van der Waals surface area contributed by atoms with Gasteiger partial charge in [-0.25, -0.2) is 4.98 Å². The molecule has 0 aliphatic heterocycles. The molecule has 3 aromatic heterocycles. The van der Waals surface area contributed by atoms with Crippen molar-refractivity contribution in [3.8, 4) is 28.4 Å². The quantitative estimate of drug-likeness (QED) is 0.188. The number of para-hydroxylation sites is 3. The highest BCUT2D eigenvalue weighted by atomic mass is 19.4. The molecule has 0 amide bonds. The summed E-state index contributed by atoms with van der Waals surface area (Å²) < 4.78 is 57.1. The van der Waals surface area contributed by atoms with Crippen LogP contribution in [0.15, 0.2) is 106 Å². The van der Waals surface area contributed by atoms with Gasteiger partial charge in [0.25, 0.3) is 0 Å². The molecule has 3 heterocycles.